The second-order valence-electron chi connectivity index (χ2n) is 4.16. The lowest BCUT2D eigenvalue weighted by Crippen LogP contribution is -2.32. The minimum absolute atomic E-state index is 0. The van der Waals surface area contributed by atoms with Crippen molar-refractivity contribution in [3.8, 4) is 0 Å². The molecule has 4 N–H and O–H groups in total. The zero-order valence-corrected chi connectivity index (χ0v) is 11.9. The quantitative estimate of drug-likeness (QED) is 0.775. The van der Waals surface area contributed by atoms with Gasteiger partial charge in [-0.3, -0.25) is 9.59 Å². The molecule has 0 saturated heterocycles. The Kier molecular flexibility index (Phi) is 7.79. The molecule has 0 aromatic heterocycles. The number of benzene rings is 1. The van der Waals surface area contributed by atoms with E-state index < -0.39 is 6.04 Å². The van der Waals surface area contributed by atoms with Gasteiger partial charge < -0.3 is 16.4 Å². The van der Waals surface area contributed by atoms with Crippen LogP contribution in [0.1, 0.15) is 26.7 Å². The van der Waals surface area contributed by atoms with Gasteiger partial charge in [-0.2, -0.15) is 0 Å². The highest BCUT2D eigenvalue weighted by Gasteiger charge is 2.08. The summed E-state index contributed by atoms with van der Waals surface area (Å²) in [6.07, 6.45) is 1.28. The van der Waals surface area contributed by atoms with Crippen LogP contribution in [0, 0.1) is 0 Å². The summed E-state index contributed by atoms with van der Waals surface area (Å²) in [6, 6.07) is 6.42. The van der Waals surface area contributed by atoms with Crippen LogP contribution >= 0.6 is 12.4 Å². The van der Waals surface area contributed by atoms with Crippen molar-refractivity contribution in [3.63, 3.8) is 0 Å². The van der Waals surface area contributed by atoms with Crippen molar-refractivity contribution in [2.75, 3.05) is 10.6 Å². The third-order valence-corrected chi connectivity index (χ3v) is 2.30. The Labute approximate surface area is 119 Å². The first-order valence-corrected chi connectivity index (χ1v) is 5.99. The molecule has 0 aliphatic heterocycles. The third-order valence-electron chi connectivity index (χ3n) is 2.30. The van der Waals surface area contributed by atoms with Crippen molar-refractivity contribution >= 4 is 35.6 Å². The smallest absolute Gasteiger partial charge is 0.240 e. The molecular formula is C13H20ClN3O2. The second-order valence-corrected chi connectivity index (χ2v) is 4.16. The highest BCUT2D eigenvalue weighted by atomic mass is 35.5. The van der Waals surface area contributed by atoms with Crippen molar-refractivity contribution in [2.24, 2.45) is 5.73 Å². The minimum atomic E-state index is -0.566. The first-order valence-electron chi connectivity index (χ1n) is 5.99. The van der Waals surface area contributed by atoms with Crippen LogP contribution in [-0.4, -0.2) is 17.9 Å². The number of carbonyl (C=O) groups is 2. The van der Waals surface area contributed by atoms with E-state index >= 15 is 0 Å². The normalized spacial score (nSPS) is 11.1. The number of hydrogen-bond acceptors (Lipinski definition) is 3. The summed E-state index contributed by atoms with van der Waals surface area (Å²) in [6.45, 7) is 3.56. The van der Waals surface area contributed by atoms with Gasteiger partial charge in [0.25, 0.3) is 0 Å². The van der Waals surface area contributed by atoms with E-state index in [1.807, 2.05) is 6.92 Å². The first-order chi connectivity index (χ1) is 8.52. The van der Waals surface area contributed by atoms with E-state index in [-0.39, 0.29) is 24.2 Å². The molecule has 1 rings (SSSR count). The number of amides is 2. The van der Waals surface area contributed by atoms with Gasteiger partial charge >= 0.3 is 0 Å². The Morgan fingerprint density at radius 2 is 1.84 bits per heavy atom. The van der Waals surface area contributed by atoms with Gasteiger partial charge in [-0.05, 0) is 31.5 Å². The number of hydrogen-bond donors (Lipinski definition) is 3. The Morgan fingerprint density at radius 1 is 1.26 bits per heavy atom. The van der Waals surface area contributed by atoms with Crippen molar-refractivity contribution in [3.05, 3.63) is 24.3 Å². The highest BCUT2D eigenvalue weighted by Crippen LogP contribution is 2.15. The molecule has 1 aromatic rings. The molecule has 0 heterocycles. The van der Waals surface area contributed by atoms with Gasteiger partial charge in [-0.25, -0.2) is 0 Å². The Balaban J connectivity index is 0.00000324. The number of nitrogens with one attached hydrogen (secondary N) is 2. The molecule has 0 aliphatic carbocycles. The van der Waals surface area contributed by atoms with Crippen molar-refractivity contribution < 1.29 is 9.59 Å². The molecule has 0 spiro atoms. The maximum atomic E-state index is 11.4. The summed E-state index contributed by atoms with van der Waals surface area (Å²) in [4.78, 5) is 22.9. The van der Waals surface area contributed by atoms with Crippen LogP contribution in [0.25, 0.3) is 0 Å². The third kappa shape index (κ3) is 6.22. The van der Waals surface area contributed by atoms with Crippen molar-refractivity contribution in [1.29, 1.82) is 0 Å². The van der Waals surface area contributed by atoms with Crippen LogP contribution in [0.15, 0.2) is 24.3 Å². The summed E-state index contributed by atoms with van der Waals surface area (Å²) >= 11 is 0. The molecule has 0 unspecified atom stereocenters. The summed E-state index contributed by atoms with van der Waals surface area (Å²) in [5.41, 5.74) is 6.74. The number of nitrogens with two attached hydrogens (primary N) is 1. The maximum absolute atomic E-state index is 11.4. The molecule has 6 heteroatoms. The van der Waals surface area contributed by atoms with Gasteiger partial charge in [0, 0.05) is 17.8 Å². The monoisotopic (exact) mass is 285 g/mol. The van der Waals surface area contributed by atoms with Gasteiger partial charge in [0.05, 0.1) is 6.04 Å². The van der Waals surface area contributed by atoms with E-state index in [2.05, 4.69) is 10.6 Å². The van der Waals surface area contributed by atoms with Crippen molar-refractivity contribution in [2.45, 2.75) is 32.7 Å². The van der Waals surface area contributed by atoms with Crippen LogP contribution in [-0.2, 0) is 9.59 Å². The predicted octanol–water partition coefficient (Wildman–Crippen LogP) is 2.13. The Bertz CT molecular complexity index is 436. The molecule has 1 atom stereocenters. The zero-order chi connectivity index (χ0) is 13.5. The summed E-state index contributed by atoms with van der Waals surface area (Å²) in [5.74, 6) is -0.291. The number of carbonyl (C=O) groups excluding carboxylic acids is 2. The molecule has 5 nitrogen and oxygen atoms in total. The van der Waals surface area contributed by atoms with E-state index in [0.29, 0.717) is 17.8 Å². The fourth-order valence-corrected chi connectivity index (χ4v) is 1.38. The SMILES string of the molecule is CCCC(=O)Nc1cccc(NC(=O)[C@@H](C)N)c1.Cl. The largest absolute Gasteiger partial charge is 0.326 e. The summed E-state index contributed by atoms with van der Waals surface area (Å²) < 4.78 is 0. The van der Waals surface area contributed by atoms with Crippen LogP contribution in [0.2, 0.25) is 0 Å². The molecule has 106 valence electrons. The van der Waals surface area contributed by atoms with Crippen LogP contribution < -0.4 is 16.4 Å². The van der Waals surface area contributed by atoms with Crippen molar-refractivity contribution in [1.82, 2.24) is 0 Å². The molecule has 0 saturated carbocycles. The molecule has 0 bridgehead atoms. The van der Waals surface area contributed by atoms with Crippen LogP contribution in [0.5, 0.6) is 0 Å². The Morgan fingerprint density at radius 3 is 2.37 bits per heavy atom. The number of halogens is 1. The molecule has 2 amide bonds. The fraction of sp³-hybridized carbons (Fsp3) is 0.385. The van der Waals surface area contributed by atoms with E-state index in [9.17, 15) is 9.59 Å². The van der Waals surface area contributed by atoms with Gasteiger partial charge in [-0.15, -0.1) is 12.4 Å². The lowest BCUT2D eigenvalue weighted by molar-refractivity contribution is -0.117. The topological polar surface area (TPSA) is 84.2 Å². The van der Waals surface area contributed by atoms with Gasteiger partial charge in [-0.1, -0.05) is 13.0 Å². The lowest BCUT2D eigenvalue weighted by Gasteiger charge is -2.10. The number of anilines is 2. The maximum Gasteiger partial charge on any atom is 0.240 e. The standard InChI is InChI=1S/C13H19N3O2.ClH/c1-3-5-12(17)15-10-6-4-7-11(8-10)16-13(18)9(2)14;/h4,6-9H,3,5,14H2,1-2H3,(H,15,17)(H,16,18);1H/t9-;/m1./s1. The van der Waals surface area contributed by atoms with Gasteiger partial charge in [0.2, 0.25) is 11.8 Å². The number of rotatable bonds is 5. The molecule has 0 aliphatic rings. The minimum Gasteiger partial charge on any atom is -0.326 e. The molecule has 0 fully saturated rings. The molecule has 0 radical (unpaired) electrons. The van der Waals surface area contributed by atoms with E-state index in [1.165, 1.54) is 0 Å². The fourth-order valence-electron chi connectivity index (χ4n) is 1.38. The first kappa shape index (κ1) is 17.4. The van der Waals surface area contributed by atoms with Crippen LogP contribution in [0.4, 0.5) is 11.4 Å². The van der Waals surface area contributed by atoms with Crippen LogP contribution in [0.3, 0.4) is 0 Å². The average Bonchev–Trinajstić information content (AvgIpc) is 2.29. The zero-order valence-electron chi connectivity index (χ0n) is 11.1. The molecular weight excluding hydrogens is 266 g/mol. The van der Waals surface area contributed by atoms with E-state index in [1.54, 1.807) is 31.2 Å². The summed E-state index contributed by atoms with van der Waals surface area (Å²) in [7, 11) is 0. The van der Waals surface area contributed by atoms with E-state index in [4.69, 9.17) is 5.73 Å². The summed E-state index contributed by atoms with van der Waals surface area (Å²) in [5, 5.41) is 5.44. The molecule has 19 heavy (non-hydrogen) atoms. The lowest BCUT2D eigenvalue weighted by atomic mass is 10.2. The van der Waals surface area contributed by atoms with Gasteiger partial charge in [0.1, 0.15) is 0 Å². The highest BCUT2D eigenvalue weighted by molar-refractivity contribution is 5.96. The second kappa shape index (κ2) is 8.50. The predicted molar refractivity (Wildman–Crippen MR) is 79.5 cm³/mol. The van der Waals surface area contributed by atoms with Gasteiger partial charge in [0.15, 0.2) is 0 Å². The van der Waals surface area contributed by atoms with E-state index in [0.717, 1.165) is 6.42 Å². The average molecular weight is 286 g/mol. The Hall–Kier alpha value is -1.59. The molecule has 1 aromatic carbocycles.